The second-order valence-corrected chi connectivity index (χ2v) is 4.41. The summed E-state index contributed by atoms with van der Waals surface area (Å²) in [5, 5.41) is 8.90. The molecule has 1 N–H and O–H groups in total. The first-order chi connectivity index (χ1) is 10.1. The Morgan fingerprint density at radius 3 is 2.29 bits per heavy atom. The molecule has 0 spiro atoms. The Morgan fingerprint density at radius 1 is 1.10 bits per heavy atom. The smallest absolute Gasteiger partial charge is 0.265 e. The van der Waals surface area contributed by atoms with Crippen LogP contribution >= 0.6 is 0 Å². The number of ether oxygens (including phenoxy) is 2. The van der Waals surface area contributed by atoms with Crippen molar-refractivity contribution in [2.75, 3.05) is 6.61 Å². The van der Waals surface area contributed by atoms with Crippen LogP contribution in [0.3, 0.4) is 0 Å². The number of pyridine rings is 1. The maximum absolute atomic E-state index is 12.4. The van der Waals surface area contributed by atoms with Gasteiger partial charge in [-0.3, -0.25) is 0 Å². The van der Waals surface area contributed by atoms with E-state index in [0.717, 1.165) is 6.20 Å². The Balaban J connectivity index is 1.99. The number of aromatic nitrogens is 1. The maximum Gasteiger partial charge on any atom is 0.265 e. The fourth-order valence-electron chi connectivity index (χ4n) is 1.56. The average Bonchev–Trinajstić information content (AvgIpc) is 2.49. The summed E-state index contributed by atoms with van der Waals surface area (Å²) in [7, 11) is 0. The Bertz CT molecular complexity index is 558. The number of hydrogen-bond acceptors (Lipinski definition) is 4. The summed E-state index contributed by atoms with van der Waals surface area (Å²) in [6.07, 6.45) is -1.75. The van der Waals surface area contributed by atoms with Gasteiger partial charge in [-0.2, -0.15) is 0 Å². The highest BCUT2D eigenvalue weighted by Gasteiger charge is 2.08. The molecule has 0 amide bonds. The number of aliphatic hydroxyl groups is 1. The van der Waals surface area contributed by atoms with Gasteiger partial charge in [0, 0.05) is 17.8 Å². The second-order valence-electron chi connectivity index (χ2n) is 4.41. The third-order valence-corrected chi connectivity index (χ3v) is 2.65. The summed E-state index contributed by atoms with van der Waals surface area (Å²) in [5.41, 5.74) is -0.149. The molecule has 1 aromatic heterocycles. The van der Waals surface area contributed by atoms with Crippen molar-refractivity contribution in [3.8, 4) is 17.4 Å². The van der Waals surface area contributed by atoms with Crippen molar-refractivity contribution in [3.05, 3.63) is 48.2 Å². The maximum atomic E-state index is 12.4. The van der Waals surface area contributed by atoms with E-state index >= 15 is 0 Å². The zero-order valence-corrected chi connectivity index (χ0v) is 11.4. The molecule has 4 nitrogen and oxygen atoms in total. The molecular weight excluding hydrogens is 280 g/mol. The van der Waals surface area contributed by atoms with E-state index in [9.17, 15) is 8.78 Å². The van der Waals surface area contributed by atoms with E-state index in [4.69, 9.17) is 14.6 Å². The van der Waals surface area contributed by atoms with E-state index in [1.165, 1.54) is 12.1 Å². The van der Waals surface area contributed by atoms with Crippen molar-refractivity contribution in [1.82, 2.24) is 4.98 Å². The zero-order valence-electron chi connectivity index (χ0n) is 11.4. The molecule has 0 aliphatic rings. The Hall–Kier alpha value is -2.21. The van der Waals surface area contributed by atoms with Crippen molar-refractivity contribution in [3.63, 3.8) is 0 Å². The Labute approximate surface area is 121 Å². The summed E-state index contributed by atoms with van der Waals surface area (Å²) in [6.45, 7) is 1.68. The van der Waals surface area contributed by atoms with Crippen LogP contribution in [0, 0.1) is 0 Å². The van der Waals surface area contributed by atoms with Crippen LogP contribution in [0.1, 0.15) is 18.9 Å². The Morgan fingerprint density at radius 2 is 1.76 bits per heavy atom. The van der Waals surface area contributed by atoms with Crippen LogP contribution in [0.5, 0.6) is 17.4 Å². The quantitative estimate of drug-likeness (QED) is 0.885. The monoisotopic (exact) mass is 295 g/mol. The van der Waals surface area contributed by atoms with Crippen LogP contribution in [0.4, 0.5) is 8.78 Å². The van der Waals surface area contributed by atoms with E-state index in [1.807, 2.05) is 0 Å². The number of nitrogens with zero attached hydrogens (tertiary/aromatic N) is 1. The summed E-state index contributed by atoms with van der Waals surface area (Å²) in [5.74, 6) is 1.35. The van der Waals surface area contributed by atoms with E-state index in [2.05, 4.69) is 4.98 Å². The number of aliphatic hydroxyl groups excluding tert-OH is 1. The van der Waals surface area contributed by atoms with E-state index in [1.54, 1.807) is 31.2 Å². The molecule has 0 saturated carbocycles. The molecule has 2 aromatic rings. The van der Waals surface area contributed by atoms with E-state index in [0.29, 0.717) is 11.5 Å². The third kappa shape index (κ3) is 4.39. The molecule has 6 heteroatoms. The summed E-state index contributed by atoms with van der Waals surface area (Å²) < 4.78 is 35.6. The summed E-state index contributed by atoms with van der Waals surface area (Å²) in [4.78, 5) is 3.81. The molecule has 1 heterocycles. The highest BCUT2D eigenvalue weighted by atomic mass is 19.3. The number of hydrogen-bond donors (Lipinski definition) is 1. The highest BCUT2D eigenvalue weighted by Crippen LogP contribution is 2.24. The van der Waals surface area contributed by atoms with Gasteiger partial charge in [-0.15, -0.1) is 0 Å². The standard InChI is InChI=1S/C15H15F2NO3/c1-10(9-19)20-12-3-5-13(6-4-12)21-14-7-2-11(8-18-14)15(16)17/h2-8,10,15,19H,9H2,1H3. The lowest BCUT2D eigenvalue weighted by Crippen LogP contribution is -2.15. The molecule has 1 aromatic carbocycles. The van der Waals surface area contributed by atoms with Crippen molar-refractivity contribution in [1.29, 1.82) is 0 Å². The van der Waals surface area contributed by atoms with E-state index < -0.39 is 6.43 Å². The lowest BCUT2D eigenvalue weighted by atomic mass is 10.3. The molecule has 2 rings (SSSR count). The highest BCUT2D eigenvalue weighted by molar-refractivity contribution is 5.34. The average molecular weight is 295 g/mol. The van der Waals surface area contributed by atoms with Crippen molar-refractivity contribution < 1.29 is 23.4 Å². The minimum Gasteiger partial charge on any atom is -0.488 e. The van der Waals surface area contributed by atoms with Crippen LogP contribution < -0.4 is 9.47 Å². The van der Waals surface area contributed by atoms with Gasteiger partial charge in [-0.25, -0.2) is 13.8 Å². The SMILES string of the molecule is CC(CO)Oc1ccc(Oc2ccc(C(F)F)cn2)cc1. The Kier molecular flexibility index (Phi) is 5.05. The van der Waals surface area contributed by atoms with Crippen LogP contribution in [0.15, 0.2) is 42.6 Å². The molecular formula is C15H15F2NO3. The number of alkyl halides is 2. The zero-order chi connectivity index (χ0) is 15.2. The molecule has 112 valence electrons. The van der Waals surface area contributed by atoms with Crippen LogP contribution in [-0.4, -0.2) is 22.8 Å². The van der Waals surface area contributed by atoms with Gasteiger partial charge in [0.15, 0.2) is 0 Å². The molecule has 21 heavy (non-hydrogen) atoms. The topological polar surface area (TPSA) is 51.6 Å². The molecule has 0 saturated heterocycles. The minimum atomic E-state index is -2.54. The first-order valence-corrected chi connectivity index (χ1v) is 6.38. The molecule has 1 unspecified atom stereocenters. The lowest BCUT2D eigenvalue weighted by molar-refractivity contribution is 0.129. The third-order valence-electron chi connectivity index (χ3n) is 2.65. The van der Waals surface area contributed by atoms with Gasteiger partial charge in [0.2, 0.25) is 5.88 Å². The van der Waals surface area contributed by atoms with Gasteiger partial charge in [0.05, 0.1) is 6.61 Å². The number of rotatable bonds is 6. The lowest BCUT2D eigenvalue weighted by Gasteiger charge is -2.12. The predicted octanol–water partition coefficient (Wildman–Crippen LogP) is 3.57. The van der Waals surface area contributed by atoms with Gasteiger partial charge in [0.25, 0.3) is 6.43 Å². The fourth-order valence-corrected chi connectivity index (χ4v) is 1.56. The molecule has 0 aliphatic carbocycles. The fraction of sp³-hybridized carbons (Fsp3) is 0.267. The normalized spacial score (nSPS) is 12.2. The van der Waals surface area contributed by atoms with Crippen molar-refractivity contribution >= 4 is 0 Å². The van der Waals surface area contributed by atoms with Crippen molar-refractivity contribution in [2.24, 2.45) is 0 Å². The molecule has 0 radical (unpaired) electrons. The van der Waals surface area contributed by atoms with Crippen LogP contribution in [0.2, 0.25) is 0 Å². The van der Waals surface area contributed by atoms with Gasteiger partial charge >= 0.3 is 0 Å². The molecule has 1 atom stereocenters. The molecule has 0 fully saturated rings. The first kappa shape index (κ1) is 15.2. The molecule has 0 bridgehead atoms. The summed E-state index contributed by atoms with van der Waals surface area (Å²) in [6, 6.07) is 9.38. The van der Waals surface area contributed by atoms with Gasteiger partial charge in [-0.05, 0) is 37.3 Å². The minimum absolute atomic E-state index is 0.0708. The van der Waals surface area contributed by atoms with Crippen LogP contribution in [-0.2, 0) is 0 Å². The second kappa shape index (κ2) is 6.99. The largest absolute Gasteiger partial charge is 0.488 e. The summed E-state index contributed by atoms with van der Waals surface area (Å²) >= 11 is 0. The van der Waals surface area contributed by atoms with Gasteiger partial charge in [-0.1, -0.05) is 0 Å². The first-order valence-electron chi connectivity index (χ1n) is 6.38. The van der Waals surface area contributed by atoms with Gasteiger partial charge in [0.1, 0.15) is 17.6 Å². The van der Waals surface area contributed by atoms with Gasteiger partial charge < -0.3 is 14.6 Å². The molecule has 0 aliphatic heterocycles. The predicted molar refractivity (Wildman–Crippen MR) is 72.9 cm³/mol. The number of halogens is 2. The van der Waals surface area contributed by atoms with E-state index in [-0.39, 0.29) is 24.2 Å². The number of benzene rings is 1. The van der Waals surface area contributed by atoms with Crippen molar-refractivity contribution in [2.45, 2.75) is 19.5 Å². The van der Waals surface area contributed by atoms with Crippen LogP contribution in [0.25, 0.3) is 0 Å².